The Morgan fingerprint density at radius 1 is 1.36 bits per heavy atom. The fourth-order valence-corrected chi connectivity index (χ4v) is 3.15. The number of hydrogen-bond donors (Lipinski definition) is 1. The van der Waals surface area contributed by atoms with E-state index in [2.05, 4.69) is 11.9 Å². The van der Waals surface area contributed by atoms with Crippen LogP contribution in [0.5, 0.6) is 0 Å². The molecule has 1 aromatic carbocycles. The van der Waals surface area contributed by atoms with Crippen LogP contribution in [0.1, 0.15) is 26.3 Å². The van der Waals surface area contributed by atoms with E-state index < -0.39 is 17.5 Å². The Bertz CT molecular complexity index is 734. The second-order valence-corrected chi connectivity index (χ2v) is 6.70. The summed E-state index contributed by atoms with van der Waals surface area (Å²) in [6, 6.07) is 6.22. The zero-order chi connectivity index (χ0) is 18.8. The van der Waals surface area contributed by atoms with E-state index in [0.29, 0.717) is 23.7 Å². The molecule has 0 unspecified atom stereocenters. The summed E-state index contributed by atoms with van der Waals surface area (Å²) < 4.78 is 0. The zero-order valence-corrected chi connectivity index (χ0v) is 15.4. The molecule has 0 bridgehead atoms. The van der Waals surface area contributed by atoms with Crippen LogP contribution in [0.3, 0.4) is 0 Å². The van der Waals surface area contributed by atoms with Crippen LogP contribution < -0.4 is 5.32 Å². The first kappa shape index (κ1) is 19.0. The van der Waals surface area contributed by atoms with Gasteiger partial charge in [-0.15, -0.1) is 0 Å². The van der Waals surface area contributed by atoms with Gasteiger partial charge < -0.3 is 10.2 Å². The molecule has 1 saturated heterocycles. The molecule has 0 spiro atoms. The summed E-state index contributed by atoms with van der Waals surface area (Å²) in [6.45, 7) is 9.58. The van der Waals surface area contributed by atoms with E-state index in [9.17, 15) is 14.4 Å². The number of nitrogens with zero attached hydrogens (tertiary/aromatic N) is 2. The lowest BCUT2D eigenvalue weighted by molar-refractivity contribution is -0.138. The van der Waals surface area contributed by atoms with Crippen LogP contribution in [0.25, 0.3) is 0 Å². The van der Waals surface area contributed by atoms with Crippen molar-refractivity contribution in [3.63, 3.8) is 0 Å². The summed E-state index contributed by atoms with van der Waals surface area (Å²) in [4.78, 5) is 40.1. The summed E-state index contributed by atoms with van der Waals surface area (Å²) in [7, 11) is 0. The number of carbonyl (C=O) groups is 3. The van der Waals surface area contributed by atoms with Gasteiger partial charge in [0, 0.05) is 23.7 Å². The van der Waals surface area contributed by atoms with E-state index in [0.717, 1.165) is 10.5 Å². The van der Waals surface area contributed by atoms with E-state index in [1.807, 2.05) is 13.8 Å². The molecule has 0 radical (unpaired) electrons. The van der Waals surface area contributed by atoms with Gasteiger partial charge in [0.15, 0.2) is 0 Å². The van der Waals surface area contributed by atoms with Gasteiger partial charge in [-0.05, 0) is 26.8 Å². The Hall–Kier alpha value is -2.34. The number of rotatable bonds is 6. The molecule has 6 nitrogen and oxygen atoms in total. The monoisotopic (exact) mass is 363 g/mol. The molecule has 1 aliphatic rings. The molecule has 0 aliphatic carbocycles. The SMILES string of the molecule is C=C(C)CN(CC)C(=O)CN1C(=O)N[C@@](C)(c2ccccc2Cl)C1=O. The number of nitrogens with one attached hydrogen (secondary N) is 1. The van der Waals surface area contributed by atoms with Crippen LogP contribution in [-0.4, -0.2) is 47.3 Å². The first-order valence-corrected chi connectivity index (χ1v) is 8.39. The smallest absolute Gasteiger partial charge is 0.325 e. The van der Waals surface area contributed by atoms with Gasteiger partial charge in [-0.25, -0.2) is 4.79 Å². The lowest BCUT2D eigenvalue weighted by atomic mass is 9.92. The molecule has 0 aromatic heterocycles. The van der Waals surface area contributed by atoms with E-state index in [-0.39, 0.29) is 12.5 Å². The summed E-state index contributed by atoms with van der Waals surface area (Å²) >= 11 is 6.18. The first-order chi connectivity index (χ1) is 11.7. The number of urea groups is 1. The predicted octanol–water partition coefficient (Wildman–Crippen LogP) is 2.53. The molecule has 1 aliphatic heterocycles. The maximum atomic E-state index is 12.9. The largest absolute Gasteiger partial charge is 0.337 e. The summed E-state index contributed by atoms with van der Waals surface area (Å²) in [5.41, 5.74) is 0.0359. The van der Waals surface area contributed by atoms with Crippen LogP contribution in [0.4, 0.5) is 4.79 Å². The minimum atomic E-state index is -1.29. The number of amides is 4. The molecule has 4 amide bonds. The molecule has 25 heavy (non-hydrogen) atoms. The van der Waals surface area contributed by atoms with Crippen molar-refractivity contribution in [3.8, 4) is 0 Å². The van der Waals surface area contributed by atoms with Crippen molar-refractivity contribution in [1.82, 2.24) is 15.1 Å². The van der Waals surface area contributed by atoms with Crippen LogP contribution in [0.15, 0.2) is 36.4 Å². The fraction of sp³-hybridized carbons (Fsp3) is 0.389. The molecule has 1 heterocycles. The molecule has 1 atom stereocenters. The van der Waals surface area contributed by atoms with Crippen LogP contribution in [0.2, 0.25) is 5.02 Å². The predicted molar refractivity (Wildman–Crippen MR) is 96.1 cm³/mol. The van der Waals surface area contributed by atoms with Crippen molar-refractivity contribution in [1.29, 1.82) is 0 Å². The van der Waals surface area contributed by atoms with Gasteiger partial charge in [-0.3, -0.25) is 14.5 Å². The maximum absolute atomic E-state index is 12.9. The van der Waals surface area contributed by atoms with Crippen molar-refractivity contribution in [3.05, 3.63) is 47.0 Å². The normalized spacial score (nSPS) is 19.8. The van der Waals surface area contributed by atoms with Crippen molar-refractivity contribution < 1.29 is 14.4 Å². The molecule has 1 fully saturated rings. The number of halogens is 1. The number of benzene rings is 1. The Labute approximate surface area is 152 Å². The number of imide groups is 1. The maximum Gasteiger partial charge on any atom is 0.325 e. The van der Waals surface area contributed by atoms with E-state index in [1.54, 1.807) is 36.1 Å². The molecular formula is C18H22ClN3O3. The topological polar surface area (TPSA) is 69.7 Å². The lowest BCUT2D eigenvalue weighted by Gasteiger charge is -2.25. The van der Waals surface area contributed by atoms with Gasteiger partial charge >= 0.3 is 6.03 Å². The quantitative estimate of drug-likeness (QED) is 0.623. The molecule has 1 aromatic rings. The number of hydrogen-bond acceptors (Lipinski definition) is 3. The molecule has 0 saturated carbocycles. The molecule has 134 valence electrons. The molecule has 1 N–H and O–H groups in total. The van der Waals surface area contributed by atoms with Crippen LogP contribution in [0, 0.1) is 0 Å². The second kappa shape index (κ2) is 7.27. The highest BCUT2D eigenvalue weighted by atomic mass is 35.5. The number of carbonyl (C=O) groups excluding carboxylic acids is 3. The standard InChI is InChI=1S/C18H22ClN3O3/c1-5-21(10-12(2)3)15(23)11-22-16(24)18(4,20-17(22)25)13-8-6-7-9-14(13)19/h6-9H,2,5,10-11H2,1,3-4H3,(H,20,25)/t18-/m0/s1. The Balaban J connectivity index is 2.23. The second-order valence-electron chi connectivity index (χ2n) is 6.29. The van der Waals surface area contributed by atoms with Gasteiger partial charge in [0.25, 0.3) is 5.91 Å². The van der Waals surface area contributed by atoms with Crippen molar-refractivity contribution in [2.24, 2.45) is 0 Å². The van der Waals surface area contributed by atoms with Crippen LogP contribution in [-0.2, 0) is 15.1 Å². The molecular weight excluding hydrogens is 342 g/mol. The summed E-state index contributed by atoms with van der Waals surface area (Å²) in [5, 5.41) is 3.03. The van der Waals surface area contributed by atoms with E-state index in [4.69, 9.17) is 11.6 Å². The molecule has 7 heteroatoms. The van der Waals surface area contributed by atoms with Crippen molar-refractivity contribution in [2.75, 3.05) is 19.6 Å². The Morgan fingerprint density at radius 3 is 2.56 bits per heavy atom. The van der Waals surface area contributed by atoms with Gasteiger partial charge in [0.1, 0.15) is 12.1 Å². The highest BCUT2D eigenvalue weighted by molar-refractivity contribution is 6.32. The Kier molecular flexibility index (Phi) is 5.52. The minimum Gasteiger partial charge on any atom is -0.337 e. The average molecular weight is 364 g/mol. The van der Waals surface area contributed by atoms with Crippen LogP contribution >= 0.6 is 11.6 Å². The summed E-state index contributed by atoms with van der Waals surface area (Å²) in [6.07, 6.45) is 0. The third-order valence-electron chi connectivity index (χ3n) is 4.18. The fourth-order valence-electron chi connectivity index (χ4n) is 2.83. The van der Waals surface area contributed by atoms with Gasteiger partial charge in [-0.2, -0.15) is 0 Å². The third-order valence-corrected chi connectivity index (χ3v) is 4.51. The zero-order valence-electron chi connectivity index (χ0n) is 14.6. The van der Waals surface area contributed by atoms with Gasteiger partial charge in [-0.1, -0.05) is 42.0 Å². The minimum absolute atomic E-state index is 0.308. The van der Waals surface area contributed by atoms with E-state index in [1.165, 1.54) is 0 Å². The van der Waals surface area contributed by atoms with Gasteiger partial charge in [0.2, 0.25) is 5.91 Å². The average Bonchev–Trinajstić information content (AvgIpc) is 2.76. The van der Waals surface area contributed by atoms with Crippen molar-refractivity contribution in [2.45, 2.75) is 26.3 Å². The Morgan fingerprint density at radius 2 is 2.00 bits per heavy atom. The van der Waals surface area contributed by atoms with Crippen molar-refractivity contribution >= 4 is 29.4 Å². The first-order valence-electron chi connectivity index (χ1n) is 8.02. The van der Waals surface area contributed by atoms with E-state index >= 15 is 0 Å². The highest BCUT2D eigenvalue weighted by Crippen LogP contribution is 2.33. The highest BCUT2D eigenvalue weighted by Gasteiger charge is 2.50. The summed E-state index contributed by atoms with van der Waals surface area (Å²) in [5.74, 6) is -0.803. The molecule has 2 rings (SSSR count). The third kappa shape index (κ3) is 3.69. The van der Waals surface area contributed by atoms with Gasteiger partial charge in [0.05, 0.1) is 0 Å². The lowest BCUT2D eigenvalue weighted by Crippen LogP contribution is -2.45. The number of likely N-dealkylation sites (N-methyl/N-ethyl adjacent to an activating group) is 1.